The molecule has 0 aliphatic heterocycles. The predicted octanol–water partition coefficient (Wildman–Crippen LogP) is 3.03. The van der Waals surface area contributed by atoms with Gasteiger partial charge in [-0.3, -0.25) is 4.79 Å². The molecular weight excluding hydrogens is 242 g/mol. The largest absolute Gasteiger partial charge is 0.505 e. The third-order valence-corrected chi connectivity index (χ3v) is 3.51. The second-order valence-electron chi connectivity index (χ2n) is 4.93. The van der Waals surface area contributed by atoms with Gasteiger partial charge in [-0.25, -0.2) is 4.98 Å². The Balaban J connectivity index is 2.34. The topological polar surface area (TPSA) is 59.4 Å². The normalized spacial score (nSPS) is 14.6. The Morgan fingerprint density at radius 2 is 2.16 bits per heavy atom. The van der Waals surface area contributed by atoms with Crippen LogP contribution in [0.15, 0.2) is 18.2 Å². The van der Waals surface area contributed by atoms with E-state index in [9.17, 15) is 9.90 Å². The van der Waals surface area contributed by atoms with Gasteiger partial charge in [-0.05, 0) is 38.0 Å². The summed E-state index contributed by atoms with van der Waals surface area (Å²) >= 11 is 0. The van der Waals surface area contributed by atoms with Gasteiger partial charge >= 0.3 is 0 Å². The Morgan fingerprint density at radius 1 is 1.42 bits per heavy atom. The van der Waals surface area contributed by atoms with Crippen molar-refractivity contribution in [1.29, 1.82) is 0 Å². The minimum Gasteiger partial charge on any atom is -0.505 e. The summed E-state index contributed by atoms with van der Waals surface area (Å²) in [6.07, 6.45) is 2.05. The van der Waals surface area contributed by atoms with Crippen LogP contribution in [0.5, 0.6) is 11.5 Å². The summed E-state index contributed by atoms with van der Waals surface area (Å²) in [5.41, 5.74) is 1.74. The number of carbonyl (C=O) groups is 1. The first-order valence-electron chi connectivity index (χ1n) is 6.33. The van der Waals surface area contributed by atoms with Crippen molar-refractivity contribution in [2.45, 2.75) is 25.7 Å². The molecule has 98 valence electrons. The van der Waals surface area contributed by atoms with Gasteiger partial charge in [0.25, 0.3) is 0 Å². The molecular formula is C15H15NO3. The van der Waals surface area contributed by atoms with Crippen LogP contribution in [0, 0.1) is 0 Å². The highest BCUT2D eigenvalue weighted by Gasteiger charge is 2.31. The van der Waals surface area contributed by atoms with Crippen LogP contribution in [-0.4, -0.2) is 23.0 Å². The Hall–Kier alpha value is -2.10. The Labute approximate surface area is 111 Å². The number of carbonyl (C=O) groups excluding carboxylic acids is 1. The zero-order valence-electron chi connectivity index (χ0n) is 10.9. The third-order valence-electron chi connectivity index (χ3n) is 3.51. The monoisotopic (exact) mass is 257 g/mol. The number of ketones is 1. The van der Waals surface area contributed by atoms with E-state index in [1.807, 2.05) is 12.1 Å². The summed E-state index contributed by atoms with van der Waals surface area (Å²) in [4.78, 5) is 16.3. The number of nitrogens with zero attached hydrogens (tertiary/aromatic N) is 1. The average Bonchev–Trinajstić information content (AvgIpc) is 3.21. The quantitative estimate of drug-likeness (QED) is 0.858. The highest BCUT2D eigenvalue weighted by atomic mass is 16.5. The second-order valence-corrected chi connectivity index (χ2v) is 4.93. The van der Waals surface area contributed by atoms with E-state index in [2.05, 4.69) is 4.98 Å². The number of aromatic nitrogens is 1. The molecule has 4 nitrogen and oxygen atoms in total. The average molecular weight is 257 g/mol. The van der Waals surface area contributed by atoms with Crippen molar-refractivity contribution in [2.75, 3.05) is 7.11 Å². The molecule has 0 bridgehead atoms. The molecule has 1 aromatic carbocycles. The lowest BCUT2D eigenvalue weighted by molar-refractivity contribution is 0.101. The highest BCUT2D eigenvalue weighted by Crippen LogP contribution is 2.45. The molecule has 1 fully saturated rings. The number of Topliss-reactive ketones (excluding diaryl/α,β-unsaturated/α-hetero) is 1. The van der Waals surface area contributed by atoms with E-state index in [0.29, 0.717) is 28.3 Å². The molecule has 0 atom stereocenters. The number of pyridine rings is 1. The Kier molecular flexibility index (Phi) is 2.66. The molecule has 0 spiro atoms. The van der Waals surface area contributed by atoms with Gasteiger partial charge in [0.1, 0.15) is 11.5 Å². The summed E-state index contributed by atoms with van der Waals surface area (Å²) in [6, 6.07) is 5.38. The maximum absolute atomic E-state index is 11.8. The van der Waals surface area contributed by atoms with Crippen molar-refractivity contribution in [3.8, 4) is 11.5 Å². The summed E-state index contributed by atoms with van der Waals surface area (Å²) in [7, 11) is 1.57. The van der Waals surface area contributed by atoms with Crippen LogP contribution in [0.3, 0.4) is 0 Å². The molecule has 2 aromatic rings. The molecule has 4 heteroatoms. The minimum absolute atomic E-state index is 0.0377. The number of benzene rings is 1. The molecule has 1 aliphatic carbocycles. The highest BCUT2D eigenvalue weighted by molar-refractivity contribution is 6.09. The Bertz CT molecular complexity index is 675. The summed E-state index contributed by atoms with van der Waals surface area (Å²) in [5.74, 6) is 0.829. The van der Waals surface area contributed by atoms with Gasteiger partial charge in [-0.1, -0.05) is 0 Å². The molecule has 19 heavy (non-hydrogen) atoms. The van der Waals surface area contributed by atoms with Crippen LogP contribution < -0.4 is 4.74 Å². The van der Waals surface area contributed by atoms with Gasteiger partial charge in [0.05, 0.1) is 23.9 Å². The number of aromatic hydroxyl groups is 1. The van der Waals surface area contributed by atoms with Crippen molar-refractivity contribution < 1.29 is 14.6 Å². The SMILES string of the molecule is COc1ccc2nc(C3CC3)c(O)c(C(C)=O)c2c1. The number of hydrogen-bond donors (Lipinski definition) is 1. The van der Waals surface area contributed by atoms with Gasteiger partial charge < -0.3 is 9.84 Å². The van der Waals surface area contributed by atoms with Crippen LogP contribution in [-0.2, 0) is 0 Å². The van der Waals surface area contributed by atoms with Gasteiger partial charge in [-0.15, -0.1) is 0 Å². The predicted molar refractivity (Wildman–Crippen MR) is 71.9 cm³/mol. The molecule has 1 aliphatic rings. The molecule has 0 amide bonds. The molecule has 1 N–H and O–H groups in total. The zero-order chi connectivity index (χ0) is 13.6. The minimum atomic E-state index is -0.153. The molecule has 1 heterocycles. The maximum atomic E-state index is 11.8. The van der Waals surface area contributed by atoms with Crippen LogP contribution in [0.2, 0.25) is 0 Å². The first-order valence-corrected chi connectivity index (χ1v) is 6.33. The van der Waals surface area contributed by atoms with Crippen LogP contribution in [0.25, 0.3) is 10.9 Å². The number of hydrogen-bond acceptors (Lipinski definition) is 4. The summed E-state index contributed by atoms with van der Waals surface area (Å²) < 4.78 is 5.17. The van der Waals surface area contributed by atoms with Gasteiger partial charge in [-0.2, -0.15) is 0 Å². The van der Waals surface area contributed by atoms with Gasteiger partial charge in [0.15, 0.2) is 5.78 Å². The number of fused-ring (bicyclic) bond motifs is 1. The molecule has 0 saturated heterocycles. The fourth-order valence-electron chi connectivity index (χ4n) is 2.38. The lowest BCUT2D eigenvalue weighted by Crippen LogP contribution is -2.01. The van der Waals surface area contributed by atoms with Crippen LogP contribution >= 0.6 is 0 Å². The van der Waals surface area contributed by atoms with Crippen molar-refractivity contribution in [1.82, 2.24) is 4.98 Å². The van der Waals surface area contributed by atoms with E-state index in [1.54, 1.807) is 13.2 Å². The molecule has 1 aromatic heterocycles. The van der Waals surface area contributed by atoms with Crippen LogP contribution in [0.4, 0.5) is 0 Å². The van der Waals surface area contributed by atoms with E-state index in [0.717, 1.165) is 18.4 Å². The fraction of sp³-hybridized carbons (Fsp3) is 0.333. The first kappa shape index (κ1) is 12.0. The lowest BCUT2D eigenvalue weighted by atomic mass is 10.0. The molecule has 3 rings (SSSR count). The van der Waals surface area contributed by atoms with E-state index in [1.165, 1.54) is 6.92 Å². The summed E-state index contributed by atoms with van der Waals surface area (Å²) in [5, 5.41) is 11.0. The van der Waals surface area contributed by atoms with Gasteiger partial charge in [0.2, 0.25) is 0 Å². The number of rotatable bonds is 3. The van der Waals surface area contributed by atoms with Crippen molar-refractivity contribution in [3.05, 3.63) is 29.5 Å². The molecule has 0 radical (unpaired) electrons. The third kappa shape index (κ3) is 1.93. The Morgan fingerprint density at radius 3 is 2.74 bits per heavy atom. The maximum Gasteiger partial charge on any atom is 0.164 e. The zero-order valence-corrected chi connectivity index (χ0v) is 10.9. The van der Waals surface area contributed by atoms with Crippen molar-refractivity contribution >= 4 is 16.7 Å². The first-order chi connectivity index (χ1) is 9.11. The fourth-order valence-corrected chi connectivity index (χ4v) is 2.38. The van der Waals surface area contributed by atoms with Gasteiger partial charge in [0, 0.05) is 11.3 Å². The second kappa shape index (κ2) is 4.23. The van der Waals surface area contributed by atoms with Crippen molar-refractivity contribution in [2.24, 2.45) is 0 Å². The van der Waals surface area contributed by atoms with E-state index >= 15 is 0 Å². The molecule has 0 unspecified atom stereocenters. The smallest absolute Gasteiger partial charge is 0.164 e. The van der Waals surface area contributed by atoms with Crippen molar-refractivity contribution in [3.63, 3.8) is 0 Å². The standard InChI is InChI=1S/C15H15NO3/c1-8(17)13-11-7-10(19-2)5-6-12(11)16-14(15(13)18)9-3-4-9/h5-7,9,18H,3-4H2,1-2H3. The lowest BCUT2D eigenvalue weighted by Gasteiger charge is -2.11. The van der Waals surface area contributed by atoms with E-state index in [4.69, 9.17) is 4.74 Å². The number of ether oxygens (including phenoxy) is 1. The van der Waals surface area contributed by atoms with E-state index < -0.39 is 0 Å². The summed E-state index contributed by atoms with van der Waals surface area (Å²) in [6.45, 7) is 1.46. The van der Waals surface area contributed by atoms with E-state index in [-0.39, 0.29) is 11.5 Å². The van der Waals surface area contributed by atoms with Crippen LogP contribution in [0.1, 0.15) is 41.7 Å². The molecule has 1 saturated carbocycles. The number of methoxy groups -OCH3 is 1.